The van der Waals surface area contributed by atoms with Crippen LogP contribution in [0.4, 0.5) is 0 Å². The van der Waals surface area contributed by atoms with Crippen LogP contribution in [0.25, 0.3) is 0 Å². The molecule has 1 aliphatic heterocycles. The lowest BCUT2D eigenvalue weighted by atomic mass is 9.77. The van der Waals surface area contributed by atoms with Gasteiger partial charge in [0.05, 0.1) is 22.8 Å². The minimum Gasteiger partial charge on any atom is -0.360 e. The lowest BCUT2D eigenvalue weighted by Crippen LogP contribution is -2.29. The van der Waals surface area contributed by atoms with E-state index in [9.17, 15) is 0 Å². The number of nitrogens with zero attached hydrogens (tertiary/aromatic N) is 2. The zero-order chi connectivity index (χ0) is 30.8. The molecule has 5 rings (SSSR count). The molecule has 1 aliphatic rings. The molecule has 0 unspecified atom stereocenters. The molecule has 0 spiro atoms. The maximum Gasteiger partial charge on any atom is 0.0523 e. The Kier molecular flexibility index (Phi) is 7.40. The van der Waals surface area contributed by atoms with Gasteiger partial charge in [-0.3, -0.25) is 9.97 Å². The van der Waals surface area contributed by atoms with Crippen molar-refractivity contribution in [3.63, 3.8) is 0 Å². The number of nitrogens with one attached hydrogen (secondary N) is 2. The standard InChI is InChI=1S/C38H52N4/c1-13-23-25(15-3)33-38(11,12)34-26(16-4)24(14-2)32(42-34)37(9,10)30-22-18-20-28(40-30)35(5,6)27-19-17-21-29(39-27)36(7,8)31(23)41-33/h17-22,41-42H,13-16H2,1-12H3. The van der Waals surface area contributed by atoms with Crippen LogP contribution in [0.15, 0.2) is 36.4 Å². The molecule has 4 aromatic rings. The quantitative estimate of drug-likeness (QED) is 0.260. The largest absolute Gasteiger partial charge is 0.360 e. The fraction of sp³-hybridized carbons (Fsp3) is 0.526. The molecule has 0 radical (unpaired) electrons. The first kappa shape index (κ1) is 30.3. The van der Waals surface area contributed by atoms with Gasteiger partial charge < -0.3 is 9.97 Å². The first-order valence-electron chi connectivity index (χ1n) is 16.1. The van der Waals surface area contributed by atoms with Crippen LogP contribution in [0.1, 0.15) is 151 Å². The maximum atomic E-state index is 5.40. The fourth-order valence-corrected chi connectivity index (χ4v) is 7.62. The van der Waals surface area contributed by atoms with Gasteiger partial charge in [0.25, 0.3) is 0 Å². The second kappa shape index (κ2) is 10.2. The third-order valence-corrected chi connectivity index (χ3v) is 10.4. The fourth-order valence-electron chi connectivity index (χ4n) is 7.62. The summed E-state index contributed by atoms with van der Waals surface area (Å²) in [5.41, 5.74) is 14.1. The Morgan fingerprint density at radius 2 is 0.690 bits per heavy atom. The van der Waals surface area contributed by atoms with Crippen LogP contribution in [-0.2, 0) is 47.3 Å². The summed E-state index contributed by atoms with van der Waals surface area (Å²) in [7, 11) is 0. The monoisotopic (exact) mass is 564 g/mol. The zero-order valence-corrected chi connectivity index (χ0v) is 28.2. The third kappa shape index (κ3) is 4.31. The Labute approximate surface area is 254 Å². The van der Waals surface area contributed by atoms with Crippen molar-refractivity contribution in [1.29, 1.82) is 0 Å². The van der Waals surface area contributed by atoms with Crippen LogP contribution in [-0.4, -0.2) is 19.9 Å². The van der Waals surface area contributed by atoms with Crippen LogP contribution in [0.3, 0.4) is 0 Å². The lowest BCUT2D eigenvalue weighted by molar-refractivity contribution is 0.530. The summed E-state index contributed by atoms with van der Waals surface area (Å²) in [5.74, 6) is 0. The summed E-state index contributed by atoms with van der Waals surface area (Å²) in [4.78, 5) is 19.0. The zero-order valence-electron chi connectivity index (χ0n) is 28.2. The first-order chi connectivity index (χ1) is 19.7. The van der Waals surface area contributed by atoms with Crippen LogP contribution in [0.5, 0.6) is 0 Å². The molecule has 4 nitrogen and oxygen atoms in total. The van der Waals surface area contributed by atoms with E-state index in [0.29, 0.717) is 0 Å². The van der Waals surface area contributed by atoms with Crippen LogP contribution in [0.2, 0.25) is 0 Å². The number of pyridine rings is 2. The summed E-state index contributed by atoms with van der Waals surface area (Å²) in [6.07, 6.45) is 3.95. The molecule has 4 heteroatoms. The molecule has 42 heavy (non-hydrogen) atoms. The highest BCUT2D eigenvalue weighted by atomic mass is 14.9. The number of aromatic nitrogens is 4. The Bertz CT molecular complexity index is 1500. The van der Waals surface area contributed by atoms with E-state index < -0.39 is 0 Å². The molecular weight excluding hydrogens is 512 g/mol. The van der Waals surface area contributed by atoms with Gasteiger partial charge in [0.1, 0.15) is 0 Å². The Morgan fingerprint density at radius 3 is 0.976 bits per heavy atom. The lowest BCUT2D eigenvalue weighted by Gasteiger charge is -2.31. The number of fused-ring (bicyclic) bond motifs is 8. The number of H-pyrrole nitrogens is 2. The predicted molar refractivity (Wildman–Crippen MR) is 176 cm³/mol. The van der Waals surface area contributed by atoms with Gasteiger partial charge in [-0.1, -0.05) is 39.8 Å². The van der Waals surface area contributed by atoms with Gasteiger partial charge >= 0.3 is 0 Å². The minimum absolute atomic E-state index is 0.239. The van der Waals surface area contributed by atoms with E-state index in [4.69, 9.17) is 9.97 Å². The molecule has 0 saturated carbocycles. The van der Waals surface area contributed by atoms with Crippen molar-refractivity contribution in [3.8, 4) is 0 Å². The highest BCUT2D eigenvalue weighted by molar-refractivity contribution is 5.54. The van der Waals surface area contributed by atoms with Gasteiger partial charge in [-0.25, -0.2) is 0 Å². The Hall–Kier alpha value is -3.14. The summed E-state index contributed by atoms with van der Waals surface area (Å²) in [6, 6.07) is 13.1. The Balaban J connectivity index is 1.95. The van der Waals surface area contributed by atoms with E-state index in [1.54, 1.807) is 0 Å². The smallest absolute Gasteiger partial charge is 0.0523 e. The molecule has 0 saturated heterocycles. The molecule has 2 N–H and O–H groups in total. The number of hydrogen-bond acceptors (Lipinski definition) is 2. The van der Waals surface area contributed by atoms with E-state index in [0.717, 1.165) is 48.5 Å². The molecular formula is C38H52N4. The predicted octanol–water partition coefficient (Wildman–Crippen LogP) is 9.00. The van der Waals surface area contributed by atoms with Crippen molar-refractivity contribution in [3.05, 3.63) is 104 Å². The van der Waals surface area contributed by atoms with E-state index in [2.05, 4.69) is 129 Å². The number of hydrogen-bond donors (Lipinski definition) is 2. The van der Waals surface area contributed by atoms with Crippen LogP contribution < -0.4 is 0 Å². The molecule has 0 aromatic carbocycles. The topological polar surface area (TPSA) is 57.4 Å². The maximum absolute atomic E-state index is 5.40. The van der Waals surface area contributed by atoms with E-state index in [1.807, 2.05) is 0 Å². The average molecular weight is 565 g/mol. The average Bonchev–Trinajstić information content (AvgIpc) is 3.57. The molecule has 0 aliphatic carbocycles. The number of aromatic amines is 2. The SMILES string of the molecule is CCc1c2[nH]c(c1CC)C(C)(C)c1[nH]c(c(CC)c1CC)C(C)(C)c1cccc(n1)C(C)(C)c1cccc(n1)C2(C)C. The van der Waals surface area contributed by atoms with Crippen molar-refractivity contribution in [2.45, 2.75) is 130 Å². The van der Waals surface area contributed by atoms with Crippen molar-refractivity contribution >= 4 is 0 Å². The summed E-state index contributed by atoms with van der Waals surface area (Å²) >= 11 is 0. The summed E-state index contributed by atoms with van der Waals surface area (Å²) in [6.45, 7) is 27.9. The van der Waals surface area contributed by atoms with Gasteiger partial charge in [-0.05, 0) is 128 Å². The van der Waals surface area contributed by atoms with Crippen molar-refractivity contribution in [1.82, 2.24) is 19.9 Å². The molecule has 8 bridgehead atoms. The molecule has 0 fully saturated rings. The second-order valence-electron chi connectivity index (χ2n) is 14.4. The van der Waals surface area contributed by atoms with E-state index in [-0.39, 0.29) is 21.7 Å². The Morgan fingerprint density at radius 1 is 0.429 bits per heavy atom. The molecule has 0 amide bonds. The van der Waals surface area contributed by atoms with Gasteiger partial charge in [0.15, 0.2) is 0 Å². The van der Waals surface area contributed by atoms with Crippen molar-refractivity contribution < 1.29 is 0 Å². The first-order valence-corrected chi connectivity index (χ1v) is 16.1. The van der Waals surface area contributed by atoms with Crippen LogP contribution in [0, 0.1) is 0 Å². The van der Waals surface area contributed by atoms with E-state index >= 15 is 0 Å². The molecule has 0 atom stereocenters. The van der Waals surface area contributed by atoms with Gasteiger partial charge in [0, 0.05) is 44.4 Å². The van der Waals surface area contributed by atoms with Crippen LogP contribution >= 0.6 is 0 Å². The third-order valence-electron chi connectivity index (χ3n) is 10.4. The number of rotatable bonds is 4. The van der Waals surface area contributed by atoms with E-state index in [1.165, 1.54) is 45.0 Å². The van der Waals surface area contributed by atoms with Gasteiger partial charge in [-0.2, -0.15) is 0 Å². The molecule has 5 heterocycles. The van der Waals surface area contributed by atoms with Crippen molar-refractivity contribution in [2.24, 2.45) is 0 Å². The van der Waals surface area contributed by atoms with Gasteiger partial charge in [-0.15, -0.1) is 0 Å². The second-order valence-corrected chi connectivity index (χ2v) is 14.4. The molecule has 4 aromatic heterocycles. The molecule has 224 valence electrons. The summed E-state index contributed by atoms with van der Waals surface area (Å²) in [5, 5.41) is 0. The normalized spacial score (nSPS) is 18.2. The summed E-state index contributed by atoms with van der Waals surface area (Å²) < 4.78 is 0. The highest BCUT2D eigenvalue weighted by Crippen LogP contribution is 2.45. The highest BCUT2D eigenvalue weighted by Gasteiger charge is 2.41. The minimum atomic E-state index is -0.358. The van der Waals surface area contributed by atoms with Gasteiger partial charge in [0.2, 0.25) is 0 Å². The van der Waals surface area contributed by atoms with Crippen molar-refractivity contribution in [2.75, 3.05) is 0 Å².